The maximum absolute atomic E-state index is 12.0. The molecule has 2 heterocycles. The summed E-state index contributed by atoms with van der Waals surface area (Å²) < 4.78 is 1.09. The fourth-order valence-electron chi connectivity index (χ4n) is 2.45. The fraction of sp³-hybridized carbons (Fsp3) is 0.286. The molecule has 1 amide bonds. The zero-order valence-electron chi connectivity index (χ0n) is 10.8. The molecule has 2 aromatic rings. The Kier molecular flexibility index (Phi) is 3.73. The van der Waals surface area contributed by atoms with E-state index in [9.17, 15) is 4.79 Å². The van der Waals surface area contributed by atoms with Gasteiger partial charge in [0.25, 0.3) is 5.91 Å². The predicted octanol–water partition coefficient (Wildman–Crippen LogP) is 2.18. The van der Waals surface area contributed by atoms with Crippen LogP contribution in [0.2, 0.25) is 0 Å². The van der Waals surface area contributed by atoms with E-state index < -0.39 is 0 Å². The highest BCUT2D eigenvalue weighted by atomic mass is 79.9. The van der Waals surface area contributed by atoms with Gasteiger partial charge in [-0.2, -0.15) is 5.10 Å². The number of anilines is 1. The average molecular weight is 335 g/mol. The SMILES string of the molecule is O=C(NC1CCN(c2ccccc2Br)C1)c1cn[nH]c1. The molecule has 0 spiro atoms. The molecule has 1 aliphatic rings. The number of carbonyl (C=O) groups excluding carboxylic acids is 1. The largest absolute Gasteiger partial charge is 0.368 e. The van der Waals surface area contributed by atoms with Crippen molar-refractivity contribution in [1.82, 2.24) is 15.5 Å². The number of benzene rings is 1. The number of hydrogen-bond donors (Lipinski definition) is 2. The molecule has 1 saturated heterocycles. The number of carbonyl (C=O) groups is 1. The second kappa shape index (κ2) is 5.66. The molecule has 20 heavy (non-hydrogen) atoms. The lowest BCUT2D eigenvalue weighted by atomic mass is 10.2. The van der Waals surface area contributed by atoms with Crippen molar-refractivity contribution in [3.05, 3.63) is 46.7 Å². The minimum absolute atomic E-state index is 0.0715. The lowest BCUT2D eigenvalue weighted by Crippen LogP contribution is -2.37. The van der Waals surface area contributed by atoms with E-state index in [2.05, 4.69) is 42.4 Å². The Morgan fingerprint density at radius 3 is 3.05 bits per heavy atom. The molecule has 1 atom stereocenters. The smallest absolute Gasteiger partial charge is 0.254 e. The molecule has 6 heteroatoms. The Balaban J connectivity index is 1.63. The quantitative estimate of drug-likeness (QED) is 0.904. The van der Waals surface area contributed by atoms with Gasteiger partial charge in [-0.25, -0.2) is 0 Å². The van der Waals surface area contributed by atoms with Crippen LogP contribution >= 0.6 is 15.9 Å². The minimum atomic E-state index is -0.0715. The average Bonchev–Trinajstić information content (AvgIpc) is 3.10. The van der Waals surface area contributed by atoms with Gasteiger partial charge in [0.1, 0.15) is 0 Å². The predicted molar refractivity (Wildman–Crippen MR) is 80.8 cm³/mol. The number of aromatic nitrogens is 2. The summed E-state index contributed by atoms with van der Waals surface area (Å²) in [4.78, 5) is 14.3. The molecule has 1 aliphatic heterocycles. The van der Waals surface area contributed by atoms with Crippen molar-refractivity contribution >= 4 is 27.5 Å². The zero-order chi connectivity index (χ0) is 13.9. The molecule has 5 nitrogen and oxygen atoms in total. The van der Waals surface area contributed by atoms with Crippen molar-refractivity contribution in [2.24, 2.45) is 0 Å². The number of rotatable bonds is 3. The number of nitrogens with zero attached hydrogens (tertiary/aromatic N) is 2. The maximum atomic E-state index is 12.0. The summed E-state index contributed by atoms with van der Waals surface area (Å²) in [6, 6.07) is 8.32. The van der Waals surface area contributed by atoms with Crippen LogP contribution in [0.5, 0.6) is 0 Å². The molecule has 104 valence electrons. The van der Waals surface area contributed by atoms with Gasteiger partial charge in [-0.15, -0.1) is 0 Å². The summed E-state index contributed by atoms with van der Waals surface area (Å²) in [5.74, 6) is -0.0715. The highest BCUT2D eigenvalue weighted by Gasteiger charge is 2.25. The Bertz CT molecular complexity index is 599. The normalized spacial score (nSPS) is 18.2. The molecule has 1 aromatic heterocycles. The number of H-pyrrole nitrogens is 1. The molecule has 0 aliphatic carbocycles. The van der Waals surface area contributed by atoms with Crippen molar-refractivity contribution in [3.63, 3.8) is 0 Å². The number of amides is 1. The fourth-order valence-corrected chi connectivity index (χ4v) is 2.98. The van der Waals surface area contributed by atoms with E-state index in [1.807, 2.05) is 18.2 Å². The zero-order valence-corrected chi connectivity index (χ0v) is 12.4. The molecular weight excluding hydrogens is 320 g/mol. The first kappa shape index (κ1) is 13.2. The Hall–Kier alpha value is -1.82. The highest BCUT2D eigenvalue weighted by Crippen LogP contribution is 2.28. The van der Waals surface area contributed by atoms with Gasteiger partial charge in [-0.3, -0.25) is 9.89 Å². The second-order valence-corrected chi connectivity index (χ2v) is 5.70. The molecular formula is C14H15BrN4O. The molecule has 0 bridgehead atoms. The van der Waals surface area contributed by atoms with Gasteiger partial charge in [-0.1, -0.05) is 12.1 Å². The molecule has 3 rings (SSSR count). The van der Waals surface area contributed by atoms with Gasteiger partial charge in [0.15, 0.2) is 0 Å². The van der Waals surface area contributed by atoms with Crippen molar-refractivity contribution < 1.29 is 4.79 Å². The van der Waals surface area contributed by atoms with Crippen LogP contribution in [-0.2, 0) is 0 Å². The van der Waals surface area contributed by atoms with E-state index in [1.165, 1.54) is 11.9 Å². The topological polar surface area (TPSA) is 61.0 Å². The van der Waals surface area contributed by atoms with E-state index in [-0.39, 0.29) is 11.9 Å². The third-order valence-corrected chi connectivity index (χ3v) is 4.15. The standard InChI is InChI=1S/C14H15BrN4O/c15-12-3-1-2-4-13(12)19-6-5-11(9-19)18-14(20)10-7-16-17-8-10/h1-4,7-8,11H,5-6,9H2,(H,16,17)(H,18,20). The Labute approximate surface area is 125 Å². The summed E-state index contributed by atoms with van der Waals surface area (Å²) >= 11 is 3.57. The van der Waals surface area contributed by atoms with Crippen LogP contribution in [0.15, 0.2) is 41.1 Å². The maximum Gasteiger partial charge on any atom is 0.254 e. The summed E-state index contributed by atoms with van der Waals surface area (Å²) in [6.45, 7) is 1.77. The van der Waals surface area contributed by atoms with Gasteiger partial charge >= 0.3 is 0 Å². The van der Waals surface area contributed by atoms with Gasteiger partial charge in [0.05, 0.1) is 17.4 Å². The van der Waals surface area contributed by atoms with Crippen LogP contribution < -0.4 is 10.2 Å². The lowest BCUT2D eigenvalue weighted by molar-refractivity contribution is 0.0940. The van der Waals surface area contributed by atoms with Crippen molar-refractivity contribution in [2.45, 2.75) is 12.5 Å². The molecule has 1 fully saturated rings. The first-order chi connectivity index (χ1) is 9.74. The minimum Gasteiger partial charge on any atom is -0.368 e. The second-order valence-electron chi connectivity index (χ2n) is 4.84. The summed E-state index contributed by atoms with van der Waals surface area (Å²) in [6.07, 6.45) is 4.09. The van der Waals surface area contributed by atoms with Crippen molar-refractivity contribution in [1.29, 1.82) is 0 Å². The van der Waals surface area contributed by atoms with Crippen LogP contribution in [0.3, 0.4) is 0 Å². The Morgan fingerprint density at radius 1 is 1.45 bits per heavy atom. The number of nitrogens with one attached hydrogen (secondary N) is 2. The monoisotopic (exact) mass is 334 g/mol. The van der Waals surface area contributed by atoms with Crippen LogP contribution in [-0.4, -0.2) is 35.2 Å². The van der Waals surface area contributed by atoms with E-state index in [1.54, 1.807) is 6.20 Å². The number of aromatic amines is 1. The van der Waals surface area contributed by atoms with Crippen molar-refractivity contribution in [2.75, 3.05) is 18.0 Å². The first-order valence-corrected chi connectivity index (χ1v) is 7.32. The molecule has 2 N–H and O–H groups in total. The van der Waals surface area contributed by atoms with Gasteiger partial charge < -0.3 is 10.2 Å². The van der Waals surface area contributed by atoms with Gasteiger partial charge in [-0.05, 0) is 34.5 Å². The third-order valence-electron chi connectivity index (χ3n) is 3.48. The van der Waals surface area contributed by atoms with Crippen LogP contribution in [0.4, 0.5) is 5.69 Å². The van der Waals surface area contributed by atoms with E-state index in [4.69, 9.17) is 0 Å². The number of hydrogen-bond acceptors (Lipinski definition) is 3. The van der Waals surface area contributed by atoms with E-state index in [0.29, 0.717) is 5.56 Å². The third kappa shape index (κ3) is 2.70. The molecule has 0 saturated carbocycles. The van der Waals surface area contributed by atoms with Crippen LogP contribution in [0.1, 0.15) is 16.8 Å². The van der Waals surface area contributed by atoms with E-state index in [0.717, 1.165) is 24.0 Å². The first-order valence-electron chi connectivity index (χ1n) is 6.53. The van der Waals surface area contributed by atoms with Crippen molar-refractivity contribution in [3.8, 4) is 0 Å². The van der Waals surface area contributed by atoms with Crippen LogP contribution in [0, 0.1) is 0 Å². The number of halogens is 1. The van der Waals surface area contributed by atoms with Crippen LogP contribution in [0.25, 0.3) is 0 Å². The molecule has 0 radical (unpaired) electrons. The van der Waals surface area contributed by atoms with Gasteiger partial charge in [0, 0.05) is 29.8 Å². The van der Waals surface area contributed by atoms with Gasteiger partial charge in [0.2, 0.25) is 0 Å². The molecule has 1 aromatic carbocycles. The summed E-state index contributed by atoms with van der Waals surface area (Å²) in [7, 11) is 0. The molecule has 1 unspecified atom stereocenters. The highest BCUT2D eigenvalue weighted by molar-refractivity contribution is 9.10. The van der Waals surface area contributed by atoms with E-state index >= 15 is 0 Å². The summed E-state index contributed by atoms with van der Waals surface area (Å²) in [5.41, 5.74) is 1.75. The Morgan fingerprint density at radius 2 is 2.30 bits per heavy atom. The number of para-hydroxylation sites is 1. The summed E-state index contributed by atoms with van der Waals surface area (Å²) in [5, 5.41) is 9.48. The lowest BCUT2D eigenvalue weighted by Gasteiger charge is -2.20.